The van der Waals surface area contributed by atoms with E-state index in [1.54, 1.807) is 42.1 Å². The first-order chi connectivity index (χ1) is 16.6. The number of benzene rings is 3. The lowest BCUT2D eigenvalue weighted by Gasteiger charge is -2.06. The molecule has 0 aliphatic carbocycles. The molecule has 0 aliphatic heterocycles. The smallest absolute Gasteiger partial charge is 0.337 e. The number of aromatic nitrogens is 2. The average molecular weight is 454 g/mol. The normalized spacial score (nSPS) is 10.8. The molecule has 0 fully saturated rings. The zero-order chi connectivity index (χ0) is 23.9. The standard InChI is InChI=1S/C26H22N4O4/c1-33-22-14-12-19(13-15-22)23-16-24(30(29-23)21-6-4-3-5-7-21)25(31)28-27-17-18-8-10-20(11-9-18)26(32)34-2/h3-17H,1-2H3,(H,28,31)/b27-17-. The molecule has 0 spiro atoms. The Bertz CT molecular complexity index is 1310. The monoisotopic (exact) mass is 454 g/mol. The summed E-state index contributed by atoms with van der Waals surface area (Å²) in [5.41, 5.74) is 6.25. The van der Waals surface area contributed by atoms with Gasteiger partial charge in [0.25, 0.3) is 5.91 Å². The second kappa shape index (κ2) is 10.3. The van der Waals surface area contributed by atoms with Gasteiger partial charge >= 0.3 is 5.97 Å². The minimum absolute atomic E-state index is 0.329. The molecule has 3 aromatic carbocycles. The van der Waals surface area contributed by atoms with E-state index >= 15 is 0 Å². The van der Waals surface area contributed by atoms with Crippen LogP contribution in [0.4, 0.5) is 0 Å². The van der Waals surface area contributed by atoms with Crippen molar-refractivity contribution in [2.45, 2.75) is 0 Å². The Morgan fingerprint density at radius 3 is 2.29 bits per heavy atom. The fourth-order valence-electron chi connectivity index (χ4n) is 3.26. The number of hydrogen-bond acceptors (Lipinski definition) is 6. The summed E-state index contributed by atoms with van der Waals surface area (Å²) < 4.78 is 11.5. The highest BCUT2D eigenvalue weighted by atomic mass is 16.5. The highest BCUT2D eigenvalue weighted by molar-refractivity contribution is 5.95. The number of ether oxygens (including phenoxy) is 2. The molecule has 0 saturated carbocycles. The maximum absolute atomic E-state index is 13.0. The molecular formula is C26H22N4O4. The molecule has 1 heterocycles. The molecule has 34 heavy (non-hydrogen) atoms. The van der Waals surface area contributed by atoms with Crippen LogP contribution in [0.3, 0.4) is 0 Å². The second-order valence-electron chi connectivity index (χ2n) is 7.20. The Kier molecular flexibility index (Phi) is 6.78. The average Bonchev–Trinajstić information content (AvgIpc) is 3.35. The van der Waals surface area contributed by atoms with Gasteiger partial charge in [0.1, 0.15) is 11.4 Å². The van der Waals surface area contributed by atoms with Crippen LogP contribution in [-0.4, -0.2) is 42.1 Å². The van der Waals surface area contributed by atoms with Crippen LogP contribution >= 0.6 is 0 Å². The number of carbonyl (C=O) groups is 2. The van der Waals surface area contributed by atoms with Crippen LogP contribution in [0.1, 0.15) is 26.4 Å². The van der Waals surface area contributed by atoms with Gasteiger partial charge in [-0.1, -0.05) is 30.3 Å². The van der Waals surface area contributed by atoms with E-state index in [4.69, 9.17) is 4.74 Å². The minimum Gasteiger partial charge on any atom is -0.497 e. The summed E-state index contributed by atoms with van der Waals surface area (Å²) in [6.07, 6.45) is 1.49. The van der Waals surface area contributed by atoms with Crippen molar-refractivity contribution in [1.82, 2.24) is 15.2 Å². The number of methoxy groups -OCH3 is 2. The van der Waals surface area contributed by atoms with E-state index in [0.717, 1.165) is 17.0 Å². The second-order valence-corrected chi connectivity index (χ2v) is 7.20. The first-order valence-electron chi connectivity index (χ1n) is 10.4. The number of rotatable bonds is 7. The van der Waals surface area contributed by atoms with Crippen LogP contribution in [0.2, 0.25) is 0 Å². The first kappa shape index (κ1) is 22.5. The summed E-state index contributed by atoms with van der Waals surface area (Å²) in [6, 6.07) is 25.2. The van der Waals surface area contributed by atoms with Crippen LogP contribution in [0.5, 0.6) is 5.75 Å². The van der Waals surface area contributed by atoms with Crippen LogP contribution in [0, 0.1) is 0 Å². The van der Waals surface area contributed by atoms with Gasteiger partial charge in [0.05, 0.1) is 37.4 Å². The van der Waals surface area contributed by atoms with Crippen molar-refractivity contribution < 1.29 is 19.1 Å². The molecule has 8 nitrogen and oxygen atoms in total. The molecule has 0 aliphatic rings. The molecule has 0 saturated heterocycles. The van der Waals surface area contributed by atoms with Crippen molar-refractivity contribution in [1.29, 1.82) is 0 Å². The highest BCUT2D eigenvalue weighted by Crippen LogP contribution is 2.24. The third-order valence-electron chi connectivity index (χ3n) is 5.04. The Morgan fingerprint density at radius 2 is 1.65 bits per heavy atom. The Hall–Kier alpha value is -4.72. The van der Waals surface area contributed by atoms with E-state index < -0.39 is 11.9 Å². The van der Waals surface area contributed by atoms with Crippen molar-refractivity contribution in [2.75, 3.05) is 14.2 Å². The Morgan fingerprint density at radius 1 is 0.941 bits per heavy atom. The Labute approximate surface area is 196 Å². The number of para-hydroxylation sites is 1. The van der Waals surface area contributed by atoms with Crippen LogP contribution < -0.4 is 10.2 Å². The maximum Gasteiger partial charge on any atom is 0.337 e. The van der Waals surface area contributed by atoms with Gasteiger partial charge in [-0.3, -0.25) is 4.79 Å². The number of carbonyl (C=O) groups excluding carboxylic acids is 2. The van der Waals surface area contributed by atoms with E-state index in [0.29, 0.717) is 22.5 Å². The molecule has 0 unspecified atom stereocenters. The fourth-order valence-corrected chi connectivity index (χ4v) is 3.26. The summed E-state index contributed by atoms with van der Waals surface area (Å²) in [4.78, 5) is 24.5. The molecule has 170 valence electrons. The van der Waals surface area contributed by atoms with Gasteiger partial charge in [0.15, 0.2) is 0 Å². The van der Waals surface area contributed by atoms with Crippen molar-refractivity contribution in [3.8, 4) is 22.7 Å². The molecule has 4 rings (SSSR count). The fraction of sp³-hybridized carbons (Fsp3) is 0.0769. The summed E-state index contributed by atoms with van der Waals surface area (Å²) in [6.45, 7) is 0. The van der Waals surface area contributed by atoms with Crippen molar-refractivity contribution in [3.05, 3.63) is 102 Å². The lowest BCUT2D eigenvalue weighted by Crippen LogP contribution is -2.21. The van der Waals surface area contributed by atoms with Gasteiger partial charge in [-0.25, -0.2) is 14.9 Å². The lowest BCUT2D eigenvalue weighted by atomic mass is 10.1. The number of hydrogen-bond donors (Lipinski definition) is 1. The SMILES string of the molecule is COC(=O)c1ccc(/C=N\NC(=O)c2cc(-c3ccc(OC)cc3)nn2-c2ccccc2)cc1. The van der Waals surface area contributed by atoms with Crippen LogP contribution in [-0.2, 0) is 4.74 Å². The maximum atomic E-state index is 13.0. The summed E-state index contributed by atoms with van der Waals surface area (Å²) in [5.74, 6) is -0.102. The molecular weight excluding hydrogens is 432 g/mol. The topological polar surface area (TPSA) is 94.8 Å². The van der Waals surface area contributed by atoms with Crippen LogP contribution in [0.15, 0.2) is 90.0 Å². The van der Waals surface area contributed by atoms with E-state index in [1.165, 1.54) is 13.3 Å². The van der Waals surface area contributed by atoms with E-state index in [2.05, 4.69) is 20.4 Å². The minimum atomic E-state index is -0.418. The zero-order valence-corrected chi connectivity index (χ0v) is 18.6. The molecule has 1 aromatic heterocycles. The predicted molar refractivity (Wildman–Crippen MR) is 128 cm³/mol. The number of hydrazone groups is 1. The van der Waals surface area contributed by atoms with Gasteiger partial charge in [-0.15, -0.1) is 0 Å². The van der Waals surface area contributed by atoms with Gasteiger partial charge in [0, 0.05) is 5.56 Å². The van der Waals surface area contributed by atoms with E-state index in [-0.39, 0.29) is 0 Å². The molecule has 0 atom stereocenters. The molecule has 1 N–H and O–H groups in total. The molecule has 0 radical (unpaired) electrons. The largest absolute Gasteiger partial charge is 0.497 e. The van der Waals surface area contributed by atoms with Gasteiger partial charge in [-0.05, 0) is 60.2 Å². The quantitative estimate of drug-likeness (QED) is 0.258. The summed E-state index contributed by atoms with van der Waals surface area (Å²) in [5, 5.41) is 8.70. The molecule has 1 amide bonds. The summed E-state index contributed by atoms with van der Waals surface area (Å²) in [7, 11) is 2.93. The summed E-state index contributed by atoms with van der Waals surface area (Å²) >= 11 is 0. The number of amides is 1. The van der Waals surface area contributed by atoms with Gasteiger partial charge in [0.2, 0.25) is 0 Å². The number of nitrogens with one attached hydrogen (secondary N) is 1. The molecule has 8 heteroatoms. The number of esters is 1. The van der Waals surface area contributed by atoms with Crippen molar-refractivity contribution in [2.24, 2.45) is 5.10 Å². The molecule has 4 aromatic rings. The van der Waals surface area contributed by atoms with Crippen LogP contribution in [0.25, 0.3) is 16.9 Å². The lowest BCUT2D eigenvalue weighted by molar-refractivity contribution is 0.0600. The molecule has 0 bridgehead atoms. The van der Waals surface area contributed by atoms with Crippen molar-refractivity contribution in [3.63, 3.8) is 0 Å². The Balaban J connectivity index is 1.57. The highest BCUT2D eigenvalue weighted by Gasteiger charge is 2.17. The zero-order valence-electron chi connectivity index (χ0n) is 18.6. The third-order valence-corrected chi connectivity index (χ3v) is 5.04. The predicted octanol–water partition coefficient (Wildman–Crippen LogP) is 4.10. The third kappa shape index (κ3) is 5.02. The van der Waals surface area contributed by atoms with Gasteiger partial charge < -0.3 is 9.47 Å². The number of nitrogens with zero attached hydrogens (tertiary/aromatic N) is 3. The van der Waals surface area contributed by atoms with E-state index in [1.807, 2.05) is 54.6 Å². The van der Waals surface area contributed by atoms with E-state index in [9.17, 15) is 9.59 Å². The van der Waals surface area contributed by atoms with Gasteiger partial charge in [-0.2, -0.15) is 10.2 Å². The van der Waals surface area contributed by atoms with Crippen molar-refractivity contribution >= 4 is 18.1 Å². The first-order valence-corrected chi connectivity index (χ1v) is 10.4.